The SMILES string of the molecule is N#Cc1cnn(-c2ccccc2)c1-n1nnc(C(=O)O)c1N. The van der Waals surface area contributed by atoms with Crippen molar-refractivity contribution in [2.45, 2.75) is 0 Å². The number of nitriles is 1. The Bertz CT molecular complexity index is 889. The lowest BCUT2D eigenvalue weighted by Gasteiger charge is -2.08. The first kappa shape index (κ1) is 13.3. The standard InChI is InChI=1S/C13H9N7O2/c14-6-8-7-16-19(9-4-2-1-3-5-9)12(8)20-11(15)10(13(21)22)17-18-20/h1-5,7H,15H2,(H,21,22). The number of nitrogens with zero attached hydrogens (tertiary/aromatic N) is 6. The van der Waals surface area contributed by atoms with Crippen molar-refractivity contribution in [2.75, 3.05) is 5.73 Å². The zero-order valence-corrected chi connectivity index (χ0v) is 11.1. The molecule has 22 heavy (non-hydrogen) atoms. The molecule has 0 bridgehead atoms. The molecular weight excluding hydrogens is 286 g/mol. The Labute approximate surface area is 123 Å². The average molecular weight is 295 g/mol. The summed E-state index contributed by atoms with van der Waals surface area (Å²) in [6, 6.07) is 11.0. The van der Waals surface area contributed by atoms with Crippen molar-refractivity contribution >= 4 is 11.8 Å². The Kier molecular flexibility index (Phi) is 3.04. The molecule has 3 aromatic rings. The Balaban J connectivity index is 2.25. The molecule has 0 saturated carbocycles. The molecule has 108 valence electrons. The predicted molar refractivity (Wildman–Crippen MR) is 74.6 cm³/mol. The highest BCUT2D eigenvalue weighted by Crippen LogP contribution is 2.21. The number of hydrogen-bond acceptors (Lipinski definition) is 6. The molecule has 0 amide bonds. The average Bonchev–Trinajstić information content (AvgIpc) is 3.10. The molecule has 1 aromatic carbocycles. The van der Waals surface area contributed by atoms with Gasteiger partial charge in [0.15, 0.2) is 11.6 Å². The fourth-order valence-electron chi connectivity index (χ4n) is 1.98. The predicted octanol–water partition coefficient (Wildman–Crippen LogP) is 0.605. The highest BCUT2D eigenvalue weighted by Gasteiger charge is 2.22. The number of benzene rings is 1. The molecule has 0 unspecified atom stereocenters. The summed E-state index contributed by atoms with van der Waals surface area (Å²) in [6.45, 7) is 0. The Morgan fingerprint density at radius 2 is 2.00 bits per heavy atom. The number of hydrogen-bond donors (Lipinski definition) is 2. The second kappa shape index (κ2) is 5.02. The molecule has 3 N–H and O–H groups in total. The molecule has 0 radical (unpaired) electrons. The maximum Gasteiger partial charge on any atom is 0.360 e. The largest absolute Gasteiger partial charge is 0.476 e. The van der Waals surface area contributed by atoms with Crippen LogP contribution in [0.5, 0.6) is 0 Å². The van der Waals surface area contributed by atoms with Gasteiger partial charge in [0.2, 0.25) is 5.69 Å². The van der Waals surface area contributed by atoms with Gasteiger partial charge in [-0.3, -0.25) is 0 Å². The zero-order valence-electron chi connectivity index (χ0n) is 11.1. The van der Waals surface area contributed by atoms with Gasteiger partial charge in [-0.05, 0) is 12.1 Å². The second-order valence-electron chi connectivity index (χ2n) is 4.28. The zero-order chi connectivity index (χ0) is 15.7. The lowest BCUT2D eigenvalue weighted by atomic mass is 10.3. The van der Waals surface area contributed by atoms with Gasteiger partial charge in [0.1, 0.15) is 11.6 Å². The number of carboxylic acids is 1. The van der Waals surface area contributed by atoms with Gasteiger partial charge >= 0.3 is 5.97 Å². The van der Waals surface area contributed by atoms with Gasteiger partial charge in [0.25, 0.3) is 0 Å². The number of aromatic carboxylic acids is 1. The van der Waals surface area contributed by atoms with Gasteiger partial charge in [0.05, 0.1) is 11.9 Å². The molecular formula is C13H9N7O2. The van der Waals surface area contributed by atoms with E-state index in [1.54, 1.807) is 24.3 Å². The number of nitrogen functional groups attached to an aromatic ring is 1. The summed E-state index contributed by atoms with van der Waals surface area (Å²) in [6.07, 6.45) is 1.35. The highest BCUT2D eigenvalue weighted by molar-refractivity contribution is 5.90. The van der Waals surface area contributed by atoms with Crippen molar-refractivity contribution in [3.8, 4) is 17.6 Å². The third-order valence-electron chi connectivity index (χ3n) is 2.97. The molecule has 2 aromatic heterocycles. The summed E-state index contributed by atoms with van der Waals surface area (Å²) in [5.74, 6) is -1.25. The summed E-state index contributed by atoms with van der Waals surface area (Å²) in [5, 5.41) is 29.6. The second-order valence-corrected chi connectivity index (χ2v) is 4.28. The van der Waals surface area contributed by atoms with Gasteiger partial charge in [-0.2, -0.15) is 15.0 Å². The van der Waals surface area contributed by atoms with Crippen LogP contribution in [0.3, 0.4) is 0 Å². The Morgan fingerprint density at radius 3 is 2.59 bits per heavy atom. The van der Waals surface area contributed by atoms with Gasteiger partial charge in [-0.25, -0.2) is 9.48 Å². The van der Waals surface area contributed by atoms with Gasteiger partial charge in [0, 0.05) is 0 Å². The van der Waals surface area contributed by atoms with E-state index in [0.29, 0.717) is 5.69 Å². The van der Waals surface area contributed by atoms with Crippen LogP contribution in [0.2, 0.25) is 0 Å². The van der Waals surface area contributed by atoms with Crippen LogP contribution in [0, 0.1) is 11.3 Å². The van der Waals surface area contributed by atoms with E-state index in [2.05, 4.69) is 15.4 Å². The van der Waals surface area contributed by atoms with Crippen LogP contribution in [0.15, 0.2) is 36.5 Å². The van der Waals surface area contributed by atoms with Crippen molar-refractivity contribution in [1.29, 1.82) is 5.26 Å². The first-order valence-corrected chi connectivity index (χ1v) is 6.12. The quantitative estimate of drug-likeness (QED) is 0.722. The molecule has 0 fully saturated rings. The van der Waals surface area contributed by atoms with E-state index in [1.807, 2.05) is 12.1 Å². The van der Waals surface area contributed by atoms with Crippen molar-refractivity contribution < 1.29 is 9.90 Å². The molecule has 2 heterocycles. The van der Waals surface area contributed by atoms with Crippen LogP contribution in [0.25, 0.3) is 11.5 Å². The first-order valence-electron chi connectivity index (χ1n) is 6.12. The summed E-state index contributed by atoms with van der Waals surface area (Å²) >= 11 is 0. The lowest BCUT2D eigenvalue weighted by molar-refractivity contribution is 0.0691. The summed E-state index contributed by atoms with van der Waals surface area (Å²) in [7, 11) is 0. The number of carbonyl (C=O) groups is 1. The van der Waals surface area contributed by atoms with E-state index in [4.69, 9.17) is 10.8 Å². The number of carboxylic acid groups (broad SMARTS) is 1. The highest BCUT2D eigenvalue weighted by atomic mass is 16.4. The molecule has 0 atom stereocenters. The normalized spacial score (nSPS) is 10.3. The van der Waals surface area contributed by atoms with E-state index in [-0.39, 0.29) is 22.9 Å². The number of anilines is 1. The van der Waals surface area contributed by atoms with Gasteiger partial charge in [-0.15, -0.1) is 5.10 Å². The third-order valence-corrected chi connectivity index (χ3v) is 2.97. The van der Waals surface area contributed by atoms with Crippen molar-refractivity contribution in [3.05, 3.63) is 47.8 Å². The van der Waals surface area contributed by atoms with Crippen molar-refractivity contribution in [2.24, 2.45) is 0 Å². The molecule has 9 nitrogen and oxygen atoms in total. The number of nitrogens with two attached hydrogens (primary N) is 1. The maximum atomic E-state index is 11.0. The molecule has 3 rings (SSSR count). The van der Waals surface area contributed by atoms with E-state index in [1.165, 1.54) is 10.9 Å². The summed E-state index contributed by atoms with van der Waals surface area (Å²) in [4.78, 5) is 11.0. The smallest absolute Gasteiger partial charge is 0.360 e. The van der Waals surface area contributed by atoms with Crippen molar-refractivity contribution in [1.82, 2.24) is 24.8 Å². The van der Waals surface area contributed by atoms with Gasteiger partial charge in [-0.1, -0.05) is 23.4 Å². The topological polar surface area (TPSA) is 136 Å². The minimum absolute atomic E-state index is 0.179. The molecule has 9 heteroatoms. The van der Waals surface area contributed by atoms with Crippen LogP contribution in [0.4, 0.5) is 5.82 Å². The molecule has 0 aliphatic heterocycles. The van der Waals surface area contributed by atoms with Gasteiger partial charge < -0.3 is 10.8 Å². The number of para-hydroxylation sites is 1. The van der Waals surface area contributed by atoms with Crippen LogP contribution < -0.4 is 5.73 Å². The van der Waals surface area contributed by atoms with Crippen LogP contribution >= 0.6 is 0 Å². The van der Waals surface area contributed by atoms with E-state index < -0.39 is 5.97 Å². The van der Waals surface area contributed by atoms with Crippen LogP contribution in [-0.2, 0) is 0 Å². The van der Waals surface area contributed by atoms with E-state index in [9.17, 15) is 10.1 Å². The Morgan fingerprint density at radius 1 is 1.27 bits per heavy atom. The lowest BCUT2D eigenvalue weighted by Crippen LogP contribution is -2.11. The minimum atomic E-state index is -1.30. The number of aromatic nitrogens is 5. The summed E-state index contributed by atoms with van der Waals surface area (Å²) in [5.41, 5.74) is 6.25. The molecule has 0 aliphatic carbocycles. The van der Waals surface area contributed by atoms with Crippen LogP contribution in [-0.4, -0.2) is 35.9 Å². The van der Waals surface area contributed by atoms with E-state index >= 15 is 0 Å². The fourth-order valence-corrected chi connectivity index (χ4v) is 1.98. The van der Waals surface area contributed by atoms with E-state index in [0.717, 1.165) is 4.68 Å². The molecule has 0 spiro atoms. The molecule has 0 saturated heterocycles. The summed E-state index contributed by atoms with van der Waals surface area (Å²) < 4.78 is 2.53. The molecule has 0 aliphatic rings. The third kappa shape index (κ3) is 1.95. The van der Waals surface area contributed by atoms with Crippen molar-refractivity contribution in [3.63, 3.8) is 0 Å². The monoisotopic (exact) mass is 295 g/mol. The van der Waals surface area contributed by atoms with Crippen LogP contribution in [0.1, 0.15) is 16.1 Å². The number of rotatable bonds is 3. The first-order chi connectivity index (χ1) is 10.6. The maximum absolute atomic E-state index is 11.0. The fraction of sp³-hybridized carbons (Fsp3) is 0. The minimum Gasteiger partial charge on any atom is -0.476 e. The Hall–Kier alpha value is -3.67.